The molecular weight excluding hydrogens is 255 g/mol. The fraction of sp³-hybridized carbons (Fsp3) is 0.0769. The van der Waals surface area contributed by atoms with Gasteiger partial charge in [0.1, 0.15) is 0 Å². The maximum Gasteiger partial charge on any atom is 0.0829 e. The number of nitrogens with two attached hydrogens (primary N) is 1. The van der Waals surface area contributed by atoms with Crippen molar-refractivity contribution in [3.05, 3.63) is 52.5 Å². The number of anilines is 3. The molecule has 0 fully saturated rings. The maximum absolute atomic E-state index is 6.17. The van der Waals surface area contributed by atoms with E-state index in [1.165, 1.54) is 0 Å². The van der Waals surface area contributed by atoms with Gasteiger partial charge in [0.05, 0.1) is 15.7 Å². The van der Waals surface area contributed by atoms with E-state index in [9.17, 15) is 0 Å². The van der Waals surface area contributed by atoms with Crippen molar-refractivity contribution in [3.8, 4) is 0 Å². The fourth-order valence-electron chi connectivity index (χ4n) is 1.59. The summed E-state index contributed by atoms with van der Waals surface area (Å²) in [6.45, 7) is 0. The van der Waals surface area contributed by atoms with Crippen LogP contribution in [0.15, 0.2) is 42.5 Å². The van der Waals surface area contributed by atoms with Crippen LogP contribution in [0.1, 0.15) is 0 Å². The third-order valence-corrected chi connectivity index (χ3v) is 3.38. The molecule has 0 radical (unpaired) electrons. The van der Waals surface area contributed by atoms with Gasteiger partial charge >= 0.3 is 0 Å². The molecule has 0 aliphatic heterocycles. The molecule has 88 valence electrons. The summed E-state index contributed by atoms with van der Waals surface area (Å²) in [6.07, 6.45) is 0. The molecule has 0 aliphatic rings. The molecule has 2 rings (SSSR count). The maximum atomic E-state index is 6.17. The molecule has 0 saturated carbocycles. The summed E-state index contributed by atoms with van der Waals surface area (Å²) in [4.78, 5) is 1.97. The van der Waals surface area contributed by atoms with E-state index in [1.807, 2.05) is 48.3 Å². The van der Waals surface area contributed by atoms with Gasteiger partial charge in [-0.1, -0.05) is 29.3 Å². The van der Waals surface area contributed by atoms with Gasteiger partial charge < -0.3 is 10.6 Å². The highest BCUT2D eigenvalue weighted by Crippen LogP contribution is 2.35. The Balaban J connectivity index is 2.40. The predicted molar refractivity (Wildman–Crippen MR) is 75.4 cm³/mol. The van der Waals surface area contributed by atoms with Crippen molar-refractivity contribution in [3.63, 3.8) is 0 Å². The Hall–Kier alpha value is -1.38. The molecule has 2 nitrogen and oxygen atoms in total. The first-order valence-corrected chi connectivity index (χ1v) is 5.88. The van der Waals surface area contributed by atoms with Crippen LogP contribution in [-0.2, 0) is 0 Å². The number of hydrogen-bond acceptors (Lipinski definition) is 2. The van der Waals surface area contributed by atoms with E-state index in [1.54, 1.807) is 6.07 Å². The Morgan fingerprint density at radius 3 is 2.29 bits per heavy atom. The van der Waals surface area contributed by atoms with Crippen LogP contribution in [0.25, 0.3) is 0 Å². The van der Waals surface area contributed by atoms with Crippen molar-refractivity contribution in [2.45, 2.75) is 0 Å². The van der Waals surface area contributed by atoms with Gasteiger partial charge in [0.25, 0.3) is 0 Å². The minimum absolute atomic E-state index is 0.548. The SMILES string of the molecule is CN(c1ccc(N)cc1)c1cccc(Cl)c1Cl. The minimum atomic E-state index is 0.548. The lowest BCUT2D eigenvalue weighted by Crippen LogP contribution is -2.09. The van der Waals surface area contributed by atoms with E-state index in [0.717, 1.165) is 17.1 Å². The number of halogens is 2. The second-order valence-electron chi connectivity index (χ2n) is 3.72. The second-order valence-corrected chi connectivity index (χ2v) is 4.51. The van der Waals surface area contributed by atoms with Crippen LogP contribution in [0, 0.1) is 0 Å². The van der Waals surface area contributed by atoms with Gasteiger partial charge in [-0.2, -0.15) is 0 Å². The zero-order chi connectivity index (χ0) is 12.4. The zero-order valence-electron chi connectivity index (χ0n) is 9.32. The Bertz CT molecular complexity index is 523. The average Bonchev–Trinajstić information content (AvgIpc) is 2.33. The largest absolute Gasteiger partial charge is 0.399 e. The first-order valence-electron chi connectivity index (χ1n) is 5.13. The summed E-state index contributed by atoms with van der Waals surface area (Å²) in [6, 6.07) is 13.1. The molecule has 0 spiro atoms. The van der Waals surface area contributed by atoms with Crippen LogP contribution in [0.3, 0.4) is 0 Å². The molecule has 0 bridgehead atoms. The molecule has 0 unspecified atom stereocenters. The molecular formula is C13H12Cl2N2. The number of benzene rings is 2. The smallest absolute Gasteiger partial charge is 0.0829 e. The fourth-order valence-corrected chi connectivity index (χ4v) is 2.01. The van der Waals surface area contributed by atoms with Gasteiger partial charge in [0.15, 0.2) is 0 Å². The van der Waals surface area contributed by atoms with Crippen LogP contribution in [0.5, 0.6) is 0 Å². The molecule has 17 heavy (non-hydrogen) atoms. The van der Waals surface area contributed by atoms with Gasteiger partial charge in [-0.15, -0.1) is 0 Å². The van der Waals surface area contributed by atoms with E-state index < -0.39 is 0 Å². The molecule has 2 N–H and O–H groups in total. The second kappa shape index (κ2) is 4.86. The lowest BCUT2D eigenvalue weighted by molar-refractivity contribution is 1.21. The monoisotopic (exact) mass is 266 g/mol. The first-order chi connectivity index (χ1) is 8.09. The van der Waals surface area contributed by atoms with E-state index in [2.05, 4.69) is 0 Å². The summed E-state index contributed by atoms with van der Waals surface area (Å²) < 4.78 is 0. The van der Waals surface area contributed by atoms with E-state index in [0.29, 0.717) is 10.0 Å². The van der Waals surface area contributed by atoms with Gasteiger partial charge in [-0.05, 0) is 36.4 Å². The van der Waals surface area contributed by atoms with Gasteiger partial charge in [-0.3, -0.25) is 0 Å². The van der Waals surface area contributed by atoms with Crippen LogP contribution >= 0.6 is 23.2 Å². The molecule has 0 amide bonds. The van der Waals surface area contributed by atoms with E-state index in [4.69, 9.17) is 28.9 Å². The molecule has 2 aromatic carbocycles. The summed E-state index contributed by atoms with van der Waals surface area (Å²) >= 11 is 12.2. The van der Waals surface area contributed by atoms with Crippen molar-refractivity contribution in [2.75, 3.05) is 17.7 Å². The Morgan fingerprint density at radius 2 is 1.65 bits per heavy atom. The van der Waals surface area contributed by atoms with E-state index in [-0.39, 0.29) is 0 Å². The van der Waals surface area contributed by atoms with Crippen molar-refractivity contribution in [1.29, 1.82) is 0 Å². The van der Waals surface area contributed by atoms with Gasteiger partial charge in [0.2, 0.25) is 0 Å². The molecule has 0 heterocycles. The van der Waals surface area contributed by atoms with Gasteiger partial charge in [0, 0.05) is 18.4 Å². The topological polar surface area (TPSA) is 29.3 Å². The Kier molecular flexibility index (Phi) is 3.46. The van der Waals surface area contributed by atoms with Crippen LogP contribution in [0.4, 0.5) is 17.1 Å². The van der Waals surface area contributed by atoms with Crippen LogP contribution in [-0.4, -0.2) is 7.05 Å². The molecule has 0 aliphatic carbocycles. The molecule has 4 heteroatoms. The summed E-state index contributed by atoms with van der Waals surface area (Å²) in [5, 5.41) is 1.10. The number of nitrogens with zero attached hydrogens (tertiary/aromatic N) is 1. The van der Waals surface area contributed by atoms with Crippen molar-refractivity contribution in [2.24, 2.45) is 0 Å². The summed E-state index contributed by atoms with van der Waals surface area (Å²) in [7, 11) is 1.93. The number of hydrogen-bond donors (Lipinski definition) is 1. The van der Waals surface area contributed by atoms with Crippen LogP contribution in [0.2, 0.25) is 10.0 Å². The Labute approximate surface area is 111 Å². The molecule has 0 atom stereocenters. The third-order valence-electron chi connectivity index (χ3n) is 2.57. The molecule has 0 saturated heterocycles. The first kappa shape index (κ1) is 12.1. The Morgan fingerprint density at radius 1 is 1.00 bits per heavy atom. The van der Waals surface area contributed by atoms with Gasteiger partial charge in [-0.25, -0.2) is 0 Å². The summed E-state index contributed by atoms with van der Waals surface area (Å²) in [5.74, 6) is 0. The highest BCUT2D eigenvalue weighted by Gasteiger charge is 2.10. The number of nitrogen functional groups attached to an aromatic ring is 1. The number of rotatable bonds is 2. The average molecular weight is 267 g/mol. The van der Waals surface area contributed by atoms with Crippen molar-refractivity contribution in [1.82, 2.24) is 0 Å². The normalized spacial score (nSPS) is 10.3. The highest BCUT2D eigenvalue weighted by atomic mass is 35.5. The molecule has 0 aromatic heterocycles. The van der Waals surface area contributed by atoms with E-state index >= 15 is 0 Å². The lowest BCUT2D eigenvalue weighted by Gasteiger charge is -2.21. The highest BCUT2D eigenvalue weighted by molar-refractivity contribution is 6.43. The lowest BCUT2D eigenvalue weighted by atomic mass is 10.2. The standard InChI is InChI=1S/C13H12Cl2N2/c1-17(10-7-5-9(16)6-8-10)12-4-2-3-11(14)13(12)15/h2-8H,16H2,1H3. The molecule has 2 aromatic rings. The van der Waals surface area contributed by atoms with Crippen LogP contribution < -0.4 is 10.6 Å². The summed E-state index contributed by atoms with van der Waals surface area (Å²) in [5.41, 5.74) is 8.26. The predicted octanol–water partition coefficient (Wildman–Crippen LogP) is 4.34. The van der Waals surface area contributed by atoms with Crippen molar-refractivity contribution < 1.29 is 0 Å². The minimum Gasteiger partial charge on any atom is -0.399 e. The third kappa shape index (κ3) is 2.48. The quantitative estimate of drug-likeness (QED) is 0.820. The van der Waals surface area contributed by atoms with Crippen molar-refractivity contribution >= 4 is 40.3 Å². The zero-order valence-corrected chi connectivity index (χ0v) is 10.8.